The lowest BCUT2D eigenvalue weighted by Crippen LogP contribution is -2.37. The zero-order valence-corrected chi connectivity index (χ0v) is 18.6. The van der Waals surface area contributed by atoms with Gasteiger partial charge in [0, 0.05) is 17.0 Å². The second-order valence-corrected chi connectivity index (χ2v) is 8.08. The lowest BCUT2D eigenvalue weighted by atomic mass is 10.1. The summed E-state index contributed by atoms with van der Waals surface area (Å²) >= 11 is 5.89. The van der Waals surface area contributed by atoms with E-state index in [1.54, 1.807) is 0 Å². The smallest absolute Gasteiger partial charge is 0.382 e. The summed E-state index contributed by atoms with van der Waals surface area (Å²) in [5, 5.41) is 18.0. The quantitative estimate of drug-likeness (QED) is 0.422. The number of benzene rings is 2. The third-order valence-electron chi connectivity index (χ3n) is 5.16. The fourth-order valence-electron chi connectivity index (χ4n) is 3.33. The highest BCUT2D eigenvalue weighted by molar-refractivity contribution is 6.30. The molecule has 4 rings (SSSR count). The van der Waals surface area contributed by atoms with Crippen molar-refractivity contribution in [2.45, 2.75) is 38.7 Å². The van der Waals surface area contributed by atoms with Crippen molar-refractivity contribution in [3.8, 4) is 11.4 Å². The highest BCUT2D eigenvalue weighted by Crippen LogP contribution is 2.24. The number of hydrogen-bond donors (Lipinski definition) is 1. The molecule has 0 unspecified atom stereocenters. The minimum atomic E-state index is -4.91. The average Bonchev–Trinajstić information content (AvgIpc) is 3.35. The Kier molecular flexibility index (Phi) is 6.58. The Bertz CT molecular complexity index is 1350. The van der Waals surface area contributed by atoms with Gasteiger partial charge in [0.15, 0.2) is 17.8 Å². The van der Waals surface area contributed by atoms with Crippen LogP contribution in [0, 0.1) is 6.92 Å². The van der Waals surface area contributed by atoms with Gasteiger partial charge in [0.1, 0.15) is 6.54 Å². The van der Waals surface area contributed by atoms with Crippen molar-refractivity contribution < 1.29 is 22.8 Å². The van der Waals surface area contributed by atoms with Crippen LogP contribution in [0.1, 0.15) is 22.8 Å². The number of hydrogen-bond acceptors (Lipinski definition) is 6. The summed E-state index contributed by atoms with van der Waals surface area (Å²) in [5.74, 6) is 0.390. The molecule has 0 radical (unpaired) electrons. The highest BCUT2D eigenvalue weighted by atomic mass is 35.5. The minimum absolute atomic E-state index is 0.0642. The molecule has 0 fully saturated rings. The maximum Gasteiger partial charge on any atom is 0.416 e. The molecule has 178 valence electrons. The van der Waals surface area contributed by atoms with E-state index < -0.39 is 24.5 Å². The van der Waals surface area contributed by atoms with Gasteiger partial charge in [-0.3, -0.25) is 4.57 Å². The molecule has 34 heavy (non-hydrogen) atoms. The Morgan fingerprint density at radius 1 is 1.15 bits per heavy atom. The van der Waals surface area contributed by atoms with Crippen molar-refractivity contribution >= 4 is 11.6 Å². The van der Waals surface area contributed by atoms with Crippen LogP contribution in [0.3, 0.4) is 0 Å². The number of rotatable bonds is 7. The van der Waals surface area contributed by atoms with Crippen LogP contribution in [-0.4, -0.2) is 41.9 Å². The molecule has 0 aliphatic carbocycles. The zero-order chi connectivity index (χ0) is 24.5. The van der Waals surface area contributed by atoms with E-state index in [0.29, 0.717) is 22.8 Å². The van der Waals surface area contributed by atoms with Gasteiger partial charge in [-0.1, -0.05) is 41.0 Å². The molecule has 0 spiro atoms. The Morgan fingerprint density at radius 3 is 2.53 bits per heavy atom. The molecule has 1 atom stereocenters. The summed E-state index contributed by atoms with van der Waals surface area (Å²) in [6.45, 7) is 0.675. The van der Waals surface area contributed by atoms with E-state index in [2.05, 4.69) is 15.2 Å². The van der Waals surface area contributed by atoms with Crippen LogP contribution in [-0.2, 0) is 19.5 Å². The number of alkyl halides is 3. The van der Waals surface area contributed by atoms with E-state index in [4.69, 9.17) is 16.1 Å². The summed E-state index contributed by atoms with van der Waals surface area (Å²) in [5.41, 5.74) is 1.54. The van der Waals surface area contributed by atoms with Gasteiger partial charge in [-0.25, -0.2) is 9.48 Å². The molecule has 8 nitrogen and oxygen atoms in total. The van der Waals surface area contributed by atoms with Crippen LogP contribution in [0.5, 0.6) is 0 Å². The monoisotopic (exact) mass is 493 g/mol. The fraction of sp³-hybridized carbons (Fsp3) is 0.273. The molecule has 2 aromatic heterocycles. The third kappa shape index (κ3) is 5.20. The van der Waals surface area contributed by atoms with Crippen molar-refractivity contribution in [1.29, 1.82) is 0 Å². The first-order valence-electron chi connectivity index (χ1n) is 10.2. The molecule has 0 amide bonds. The molecule has 12 heteroatoms. The minimum Gasteiger partial charge on any atom is -0.382 e. The fourth-order valence-corrected chi connectivity index (χ4v) is 3.46. The van der Waals surface area contributed by atoms with Gasteiger partial charge in [-0.05, 0) is 42.3 Å². The van der Waals surface area contributed by atoms with E-state index in [1.807, 2.05) is 31.2 Å². The van der Waals surface area contributed by atoms with Gasteiger partial charge < -0.3 is 9.63 Å². The molecule has 4 aromatic rings. The number of aromatic nitrogens is 5. The van der Waals surface area contributed by atoms with Gasteiger partial charge in [0.2, 0.25) is 5.89 Å². The molecule has 0 saturated carbocycles. The first-order valence-corrected chi connectivity index (χ1v) is 10.5. The van der Waals surface area contributed by atoms with E-state index in [0.717, 1.165) is 20.4 Å². The summed E-state index contributed by atoms with van der Waals surface area (Å²) < 4.78 is 45.8. The van der Waals surface area contributed by atoms with E-state index in [-0.39, 0.29) is 18.3 Å². The molecule has 2 aromatic carbocycles. The van der Waals surface area contributed by atoms with E-state index >= 15 is 0 Å². The maximum absolute atomic E-state index is 13.0. The third-order valence-corrected chi connectivity index (χ3v) is 5.42. The number of aliphatic hydroxyl groups excluding tert-OH is 1. The van der Waals surface area contributed by atoms with E-state index in [1.165, 1.54) is 24.3 Å². The van der Waals surface area contributed by atoms with Crippen molar-refractivity contribution in [3.05, 3.63) is 86.9 Å². The molecule has 0 bridgehead atoms. The van der Waals surface area contributed by atoms with Crippen LogP contribution in [0.15, 0.2) is 57.8 Å². The van der Waals surface area contributed by atoms with Crippen LogP contribution in [0.25, 0.3) is 11.4 Å². The van der Waals surface area contributed by atoms with Gasteiger partial charge >= 0.3 is 11.9 Å². The first-order chi connectivity index (χ1) is 16.1. The van der Waals surface area contributed by atoms with E-state index in [9.17, 15) is 23.1 Å². The first kappa shape index (κ1) is 23.7. The van der Waals surface area contributed by atoms with Crippen molar-refractivity contribution in [2.24, 2.45) is 0 Å². The zero-order valence-electron chi connectivity index (χ0n) is 17.8. The Hall–Kier alpha value is -3.44. The van der Waals surface area contributed by atoms with Gasteiger partial charge in [-0.15, -0.1) is 5.10 Å². The van der Waals surface area contributed by atoms with Crippen LogP contribution in [0.4, 0.5) is 13.2 Å². The summed E-state index contributed by atoms with van der Waals surface area (Å²) in [7, 11) is 0. The van der Waals surface area contributed by atoms with Gasteiger partial charge in [0.25, 0.3) is 0 Å². The molecule has 0 saturated heterocycles. The molecule has 0 aliphatic rings. The SMILES string of the molecule is Cc1ccccc1Cc1noc(Cn2nc(-c3ccc(Cl)cc3)n(C[C@H](O)C(F)(F)F)c2=O)n1. The van der Waals surface area contributed by atoms with Crippen molar-refractivity contribution in [1.82, 2.24) is 24.5 Å². The Morgan fingerprint density at radius 2 is 1.85 bits per heavy atom. The van der Waals surface area contributed by atoms with Gasteiger partial charge in [0.05, 0.1) is 6.54 Å². The summed E-state index contributed by atoms with van der Waals surface area (Å²) in [4.78, 5) is 17.2. The Labute approximate surface area is 196 Å². The summed E-state index contributed by atoms with van der Waals surface area (Å²) in [6, 6.07) is 13.7. The lowest BCUT2D eigenvalue weighted by molar-refractivity contribution is -0.207. The van der Waals surface area contributed by atoms with Crippen molar-refractivity contribution in [3.63, 3.8) is 0 Å². The topological polar surface area (TPSA) is 99.0 Å². The predicted octanol–water partition coefficient (Wildman–Crippen LogP) is 3.62. The number of nitrogens with zero attached hydrogens (tertiary/aromatic N) is 5. The molecule has 1 N–H and O–H groups in total. The standard InChI is InChI=1S/C22H19ClF3N5O3/c1-13-4-2-3-5-15(13)10-18-27-19(34-29-18)12-31-21(33)30(11-17(32)22(24,25)26)20(28-31)14-6-8-16(23)9-7-14/h2-9,17,32H,10-12H2,1H3/t17-/m0/s1. The van der Waals surface area contributed by atoms with Crippen LogP contribution in [0.2, 0.25) is 5.02 Å². The maximum atomic E-state index is 13.0. The normalized spacial score (nSPS) is 12.8. The molecule has 2 heterocycles. The highest BCUT2D eigenvalue weighted by Gasteiger charge is 2.39. The molecular formula is C22H19ClF3N5O3. The lowest BCUT2D eigenvalue weighted by Gasteiger charge is -2.15. The Balaban J connectivity index is 1.64. The number of halogens is 4. The predicted molar refractivity (Wildman–Crippen MR) is 116 cm³/mol. The van der Waals surface area contributed by atoms with Crippen molar-refractivity contribution in [2.75, 3.05) is 0 Å². The second kappa shape index (κ2) is 9.43. The molecular weight excluding hydrogens is 475 g/mol. The number of aryl methyl sites for hydroxylation is 1. The molecule has 0 aliphatic heterocycles. The number of aliphatic hydroxyl groups is 1. The largest absolute Gasteiger partial charge is 0.416 e. The average molecular weight is 494 g/mol. The summed E-state index contributed by atoms with van der Waals surface area (Å²) in [6.07, 6.45) is -7.25. The van der Waals surface area contributed by atoms with Crippen LogP contribution < -0.4 is 5.69 Å². The van der Waals surface area contributed by atoms with Gasteiger partial charge in [-0.2, -0.15) is 18.2 Å². The van der Waals surface area contributed by atoms with Crippen LogP contribution >= 0.6 is 11.6 Å². The second-order valence-electron chi connectivity index (χ2n) is 7.65.